The molecule has 138 valence electrons. The van der Waals surface area contributed by atoms with E-state index in [2.05, 4.69) is 5.32 Å². The Labute approximate surface area is 146 Å². The van der Waals surface area contributed by atoms with E-state index >= 15 is 0 Å². The van der Waals surface area contributed by atoms with Gasteiger partial charge in [0.2, 0.25) is 5.91 Å². The molecule has 0 aliphatic rings. The van der Waals surface area contributed by atoms with Crippen molar-refractivity contribution >= 4 is 17.4 Å². The number of nitrogen functional groups attached to an aromatic ring is 1. The minimum absolute atomic E-state index is 0.104. The molecule has 1 aromatic carbocycles. The number of benzene rings is 1. The van der Waals surface area contributed by atoms with Gasteiger partial charge in [0.1, 0.15) is 12.6 Å². The number of amides is 1. The second kappa shape index (κ2) is 7.85. The molecule has 0 spiro atoms. The number of ketones is 1. The third-order valence-electron chi connectivity index (χ3n) is 3.58. The van der Waals surface area contributed by atoms with Crippen molar-refractivity contribution < 1.29 is 22.8 Å². The van der Waals surface area contributed by atoms with Crippen LogP contribution in [0.2, 0.25) is 0 Å². The Balaban J connectivity index is 2.17. The van der Waals surface area contributed by atoms with Crippen molar-refractivity contribution in [1.29, 1.82) is 0 Å². The minimum atomic E-state index is -5.10. The van der Waals surface area contributed by atoms with Crippen LogP contribution in [0.3, 0.4) is 0 Å². The number of nitrogens with one attached hydrogen (secondary N) is 1. The Morgan fingerprint density at radius 3 is 2.38 bits per heavy atom. The molecule has 1 unspecified atom stereocenters. The molecule has 1 heterocycles. The number of halogens is 3. The molecule has 1 atom stereocenters. The van der Waals surface area contributed by atoms with Gasteiger partial charge < -0.3 is 15.6 Å². The van der Waals surface area contributed by atoms with Gasteiger partial charge in [0.25, 0.3) is 11.3 Å². The predicted octanol–water partition coefficient (Wildman–Crippen LogP) is 1.29. The summed E-state index contributed by atoms with van der Waals surface area (Å²) in [7, 11) is 0. The van der Waals surface area contributed by atoms with Gasteiger partial charge in [-0.15, -0.1) is 0 Å². The van der Waals surface area contributed by atoms with Gasteiger partial charge in [0.15, 0.2) is 0 Å². The Morgan fingerprint density at radius 2 is 1.77 bits per heavy atom. The minimum Gasteiger partial charge on any atom is -0.394 e. The van der Waals surface area contributed by atoms with E-state index in [1.165, 1.54) is 18.3 Å². The molecule has 0 fully saturated rings. The van der Waals surface area contributed by atoms with Crippen molar-refractivity contribution in [2.45, 2.75) is 25.2 Å². The van der Waals surface area contributed by atoms with Gasteiger partial charge in [-0.1, -0.05) is 30.3 Å². The van der Waals surface area contributed by atoms with Crippen molar-refractivity contribution in [2.75, 3.05) is 5.73 Å². The number of aromatic nitrogens is 1. The lowest BCUT2D eigenvalue weighted by atomic mass is 10.0. The Kier molecular flexibility index (Phi) is 5.81. The molecule has 0 bridgehead atoms. The summed E-state index contributed by atoms with van der Waals surface area (Å²) in [6, 6.07) is 8.96. The summed E-state index contributed by atoms with van der Waals surface area (Å²) in [5, 5.41) is 2.06. The van der Waals surface area contributed by atoms with Gasteiger partial charge in [-0.05, 0) is 17.7 Å². The molecule has 1 amide bonds. The largest absolute Gasteiger partial charge is 0.452 e. The number of carbonyl (C=O) groups excluding carboxylic acids is 2. The second-order valence-corrected chi connectivity index (χ2v) is 5.57. The SMILES string of the molecule is Nc1cccn(CC(=O)NC(Cc2ccccc2)C(=O)C(F)(F)F)c1=O. The highest BCUT2D eigenvalue weighted by molar-refractivity contribution is 5.93. The maximum Gasteiger partial charge on any atom is 0.452 e. The molecular formula is C17H16F3N3O3. The number of Topliss-reactive ketones (excluding diaryl/α,β-unsaturated/α-hetero) is 1. The summed E-state index contributed by atoms with van der Waals surface area (Å²) in [4.78, 5) is 35.5. The highest BCUT2D eigenvalue weighted by Gasteiger charge is 2.43. The number of rotatable bonds is 6. The first-order valence-corrected chi connectivity index (χ1v) is 7.57. The molecule has 0 aliphatic carbocycles. The van der Waals surface area contributed by atoms with Crippen LogP contribution < -0.4 is 16.6 Å². The van der Waals surface area contributed by atoms with Crippen LogP contribution in [0.4, 0.5) is 18.9 Å². The van der Waals surface area contributed by atoms with Crippen LogP contribution in [0.15, 0.2) is 53.5 Å². The van der Waals surface area contributed by atoms with Crippen molar-refractivity contribution in [3.8, 4) is 0 Å². The van der Waals surface area contributed by atoms with E-state index in [0.29, 0.717) is 5.56 Å². The summed E-state index contributed by atoms with van der Waals surface area (Å²) in [6.07, 6.45) is -4.15. The Hall–Kier alpha value is -3.10. The highest BCUT2D eigenvalue weighted by Crippen LogP contribution is 2.20. The van der Waals surface area contributed by atoms with Crippen LogP contribution >= 0.6 is 0 Å². The summed E-state index contributed by atoms with van der Waals surface area (Å²) in [6.45, 7) is -0.555. The lowest BCUT2D eigenvalue weighted by Gasteiger charge is -2.19. The van der Waals surface area contributed by atoms with Crippen molar-refractivity contribution in [3.63, 3.8) is 0 Å². The Morgan fingerprint density at radius 1 is 1.12 bits per heavy atom. The van der Waals surface area contributed by atoms with Gasteiger partial charge >= 0.3 is 6.18 Å². The standard InChI is InChI=1S/C17H16F3N3O3/c18-17(19,20)15(25)13(9-11-5-2-1-3-6-11)22-14(24)10-23-8-4-7-12(21)16(23)26/h1-8,13H,9-10,21H2,(H,22,24). The van der Waals surface area contributed by atoms with E-state index in [-0.39, 0.29) is 12.1 Å². The lowest BCUT2D eigenvalue weighted by molar-refractivity contribution is -0.173. The second-order valence-electron chi connectivity index (χ2n) is 5.57. The molecule has 0 saturated heterocycles. The van der Waals surface area contributed by atoms with Crippen molar-refractivity contribution in [2.24, 2.45) is 0 Å². The first-order chi connectivity index (χ1) is 12.2. The normalized spacial score (nSPS) is 12.4. The quantitative estimate of drug-likeness (QED) is 0.804. The van der Waals surface area contributed by atoms with Crippen LogP contribution in [-0.2, 0) is 22.6 Å². The van der Waals surface area contributed by atoms with Crippen molar-refractivity contribution in [1.82, 2.24) is 9.88 Å². The number of nitrogens with zero attached hydrogens (tertiary/aromatic N) is 1. The van der Waals surface area contributed by atoms with E-state index in [1.54, 1.807) is 30.3 Å². The fourth-order valence-corrected chi connectivity index (χ4v) is 2.33. The molecule has 2 aromatic rings. The van der Waals surface area contributed by atoms with Crippen LogP contribution in [-0.4, -0.2) is 28.5 Å². The highest BCUT2D eigenvalue weighted by atomic mass is 19.4. The zero-order valence-corrected chi connectivity index (χ0v) is 13.5. The number of alkyl halides is 3. The maximum absolute atomic E-state index is 12.8. The molecule has 3 N–H and O–H groups in total. The molecular weight excluding hydrogens is 351 g/mol. The van der Waals surface area contributed by atoms with E-state index in [4.69, 9.17) is 5.73 Å². The monoisotopic (exact) mass is 367 g/mol. The number of anilines is 1. The van der Waals surface area contributed by atoms with Gasteiger partial charge in [0.05, 0.1) is 5.69 Å². The molecule has 26 heavy (non-hydrogen) atoms. The van der Waals surface area contributed by atoms with E-state index in [0.717, 1.165) is 4.57 Å². The maximum atomic E-state index is 12.8. The van der Waals surface area contributed by atoms with Crippen LogP contribution in [0.5, 0.6) is 0 Å². The number of hydrogen-bond donors (Lipinski definition) is 2. The third kappa shape index (κ3) is 4.95. The van der Waals surface area contributed by atoms with E-state index < -0.39 is 36.0 Å². The summed E-state index contributed by atoms with van der Waals surface area (Å²) < 4.78 is 39.4. The first-order valence-electron chi connectivity index (χ1n) is 7.57. The Bertz CT molecular complexity index is 848. The fourth-order valence-electron chi connectivity index (χ4n) is 2.33. The summed E-state index contributed by atoms with van der Waals surface area (Å²) in [5.74, 6) is -2.97. The molecule has 0 saturated carbocycles. The van der Waals surface area contributed by atoms with Crippen LogP contribution in [0.25, 0.3) is 0 Å². The number of nitrogens with two attached hydrogens (primary N) is 1. The van der Waals surface area contributed by atoms with Gasteiger partial charge in [-0.2, -0.15) is 13.2 Å². The molecule has 9 heteroatoms. The van der Waals surface area contributed by atoms with Gasteiger partial charge in [-0.25, -0.2) is 0 Å². The predicted molar refractivity (Wildman–Crippen MR) is 88.3 cm³/mol. The average Bonchev–Trinajstić information content (AvgIpc) is 2.58. The van der Waals surface area contributed by atoms with Crippen LogP contribution in [0.1, 0.15) is 5.56 Å². The lowest BCUT2D eigenvalue weighted by Crippen LogP contribution is -2.49. The first kappa shape index (κ1) is 19.2. The zero-order valence-electron chi connectivity index (χ0n) is 13.5. The topological polar surface area (TPSA) is 94.2 Å². The summed E-state index contributed by atoms with van der Waals surface area (Å²) in [5.41, 5.74) is 5.14. The van der Waals surface area contributed by atoms with Crippen molar-refractivity contribution in [3.05, 3.63) is 64.6 Å². The average molecular weight is 367 g/mol. The number of hydrogen-bond acceptors (Lipinski definition) is 4. The molecule has 2 rings (SSSR count). The number of carbonyl (C=O) groups is 2. The molecule has 0 radical (unpaired) electrons. The molecule has 6 nitrogen and oxygen atoms in total. The summed E-state index contributed by atoms with van der Waals surface area (Å²) >= 11 is 0. The smallest absolute Gasteiger partial charge is 0.394 e. The third-order valence-corrected chi connectivity index (χ3v) is 3.58. The van der Waals surface area contributed by atoms with Gasteiger partial charge in [-0.3, -0.25) is 14.4 Å². The zero-order chi connectivity index (χ0) is 19.3. The van der Waals surface area contributed by atoms with E-state index in [9.17, 15) is 27.6 Å². The van der Waals surface area contributed by atoms with Gasteiger partial charge in [0, 0.05) is 12.6 Å². The fraction of sp³-hybridized carbons (Fsp3) is 0.235. The molecule has 0 aliphatic heterocycles. The number of pyridine rings is 1. The van der Waals surface area contributed by atoms with Crippen LogP contribution in [0, 0.1) is 0 Å². The molecule has 1 aromatic heterocycles. The van der Waals surface area contributed by atoms with E-state index in [1.807, 2.05) is 0 Å².